The predicted molar refractivity (Wildman–Crippen MR) is 108 cm³/mol. The van der Waals surface area contributed by atoms with E-state index < -0.39 is 23.7 Å². The van der Waals surface area contributed by atoms with Crippen molar-refractivity contribution in [1.29, 1.82) is 0 Å². The molecule has 0 saturated heterocycles. The summed E-state index contributed by atoms with van der Waals surface area (Å²) in [5.74, 6) is -1.49. The second-order valence-corrected chi connectivity index (χ2v) is 7.77. The molecule has 160 valence electrons. The van der Waals surface area contributed by atoms with Crippen LogP contribution in [0.3, 0.4) is 0 Å². The van der Waals surface area contributed by atoms with Gasteiger partial charge in [0, 0.05) is 25.1 Å². The van der Waals surface area contributed by atoms with Crippen LogP contribution in [0.25, 0.3) is 0 Å². The number of carbonyl (C=O) groups excluding carboxylic acids is 2. The molecule has 0 spiro atoms. The Labute approximate surface area is 171 Å². The first-order chi connectivity index (χ1) is 13.4. The first-order valence-corrected chi connectivity index (χ1v) is 9.32. The van der Waals surface area contributed by atoms with Crippen LogP contribution in [0, 0.1) is 6.92 Å². The van der Waals surface area contributed by atoms with Crippen LogP contribution in [-0.2, 0) is 20.9 Å². The van der Waals surface area contributed by atoms with Crippen molar-refractivity contribution in [2.45, 2.75) is 58.7 Å². The number of carboxylic acids is 1. The van der Waals surface area contributed by atoms with Crippen LogP contribution in [0.15, 0.2) is 30.9 Å². The van der Waals surface area contributed by atoms with Gasteiger partial charge in [-0.1, -0.05) is 18.2 Å². The molecule has 0 bridgehead atoms. The molecular weight excluding hydrogens is 376 g/mol. The van der Waals surface area contributed by atoms with Gasteiger partial charge >= 0.3 is 12.1 Å². The SMILES string of the molecule is C=CCN(Cc1ccc(C)cc1O)C(=O)CC[C@H](NC(=O)OC(C)(C)C)C(=O)O. The van der Waals surface area contributed by atoms with Crippen molar-refractivity contribution in [3.05, 3.63) is 42.0 Å². The maximum Gasteiger partial charge on any atom is 0.408 e. The summed E-state index contributed by atoms with van der Waals surface area (Å²) in [5.41, 5.74) is 0.706. The Kier molecular flexibility index (Phi) is 8.69. The quantitative estimate of drug-likeness (QED) is 0.543. The molecule has 0 aliphatic rings. The van der Waals surface area contributed by atoms with E-state index in [2.05, 4.69) is 11.9 Å². The third kappa shape index (κ3) is 8.68. The van der Waals surface area contributed by atoms with Crippen molar-refractivity contribution < 1.29 is 29.3 Å². The van der Waals surface area contributed by atoms with Crippen LogP contribution in [0.4, 0.5) is 4.79 Å². The lowest BCUT2D eigenvalue weighted by Gasteiger charge is -2.24. The van der Waals surface area contributed by atoms with E-state index in [0.717, 1.165) is 5.56 Å². The number of rotatable bonds is 9. The molecule has 8 heteroatoms. The minimum Gasteiger partial charge on any atom is -0.508 e. The number of aromatic hydroxyl groups is 1. The third-order valence-corrected chi connectivity index (χ3v) is 3.94. The molecular formula is C21H30N2O6. The topological polar surface area (TPSA) is 116 Å². The van der Waals surface area contributed by atoms with Gasteiger partial charge in [0.25, 0.3) is 0 Å². The number of carboxylic acid groups (broad SMARTS) is 1. The second kappa shape index (κ2) is 10.5. The predicted octanol–water partition coefficient (Wildman–Crippen LogP) is 2.97. The lowest BCUT2D eigenvalue weighted by Crippen LogP contribution is -2.44. The molecule has 8 nitrogen and oxygen atoms in total. The molecule has 0 unspecified atom stereocenters. The smallest absolute Gasteiger partial charge is 0.408 e. The number of benzene rings is 1. The number of hydrogen-bond acceptors (Lipinski definition) is 5. The maximum atomic E-state index is 12.6. The normalized spacial score (nSPS) is 12.0. The highest BCUT2D eigenvalue weighted by molar-refractivity contribution is 5.82. The highest BCUT2D eigenvalue weighted by Crippen LogP contribution is 2.21. The van der Waals surface area contributed by atoms with Crippen molar-refractivity contribution >= 4 is 18.0 Å². The zero-order chi connectivity index (χ0) is 22.2. The fraction of sp³-hybridized carbons (Fsp3) is 0.476. The van der Waals surface area contributed by atoms with Crippen molar-refractivity contribution in [2.24, 2.45) is 0 Å². The van der Waals surface area contributed by atoms with E-state index in [-0.39, 0.29) is 37.6 Å². The van der Waals surface area contributed by atoms with E-state index in [1.807, 2.05) is 13.0 Å². The standard InChI is InChI=1S/C21H30N2O6/c1-6-11-23(13-15-8-7-14(2)12-17(15)24)18(25)10-9-16(19(26)27)22-20(28)29-21(3,4)5/h6-8,12,16,24H,1,9-11,13H2,2-5H3,(H,22,28)(H,26,27)/t16-/m0/s1. The summed E-state index contributed by atoms with van der Waals surface area (Å²) in [6, 6.07) is 3.92. The van der Waals surface area contributed by atoms with E-state index in [1.165, 1.54) is 4.90 Å². The summed E-state index contributed by atoms with van der Waals surface area (Å²) >= 11 is 0. The van der Waals surface area contributed by atoms with Gasteiger partial charge < -0.3 is 25.2 Å². The van der Waals surface area contributed by atoms with Crippen LogP contribution >= 0.6 is 0 Å². The fourth-order valence-corrected chi connectivity index (χ4v) is 2.56. The van der Waals surface area contributed by atoms with Gasteiger partial charge in [-0.25, -0.2) is 9.59 Å². The minimum atomic E-state index is -1.26. The van der Waals surface area contributed by atoms with Gasteiger partial charge in [0.1, 0.15) is 17.4 Å². The molecule has 1 atom stereocenters. The second-order valence-electron chi connectivity index (χ2n) is 7.77. The molecule has 0 radical (unpaired) electrons. The molecule has 0 aliphatic carbocycles. The molecule has 0 fully saturated rings. The molecule has 0 aromatic heterocycles. The summed E-state index contributed by atoms with van der Waals surface area (Å²) in [4.78, 5) is 37.3. The summed E-state index contributed by atoms with van der Waals surface area (Å²) in [7, 11) is 0. The van der Waals surface area contributed by atoms with Crippen LogP contribution in [0.5, 0.6) is 5.75 Å². The molecule has 1 aromatic rings. The lowest BCUT2D eigenvalue weighted by atomic mass is 10.1. The Morgan fingerprint density at radius 1 is 1.31 bits per heavy atom. The number of nitrogens with one attached hydrogen (secondary N) is 1. The molecule has 1 aromatic carbocycles. The van der Waals surface area contributed by atoms with Crippen LogP contribution in [0.1, 0.15) is 44.7 Å². The number of hydrogen-bond donors (Lipinski definition) is 3. The maximum absolute atomic E-state index is 12.6. The number of carbonyl (C=O) groups is 3. The van der Waals surface area contributed by atoms with E-state index >= 15 is 0 Å². The first kappa shape index (κ1) is 24.0. The largest absolute Gasteiger partial charge is 0.508 e. The van der Waals surface area contributed by atoms with Gasteiger partial charge in [-0.15, -0.1) is 6.58 Å². The van der Waals surface area contributed by atoms with Gasteiger partial charge in [-0.05, 0) is 45.7 Å². The Morgan fingerprint density at radius 2 is 1.97 bits per heavy atom. The Bertz CT molecular complexity index is 754. The zero-order valence-electron chi connectivity index (χ0n) is 17.4. The molecule has 2 amide bonds. The van der Waals surface area contributed by atoms with E-state index in [1.54, 1.807) is 39.0 Å². The third-order valence-electron chi connectivity index (χ3n) is 3.94. The van der Waals surface area contributed by atoms with Crippen molar-refractivity contribution in [2.75, 3.05) is 6.54 Å². The van der Waals surface area contributed by atoms with Gasteiger partial charge in [0.05, 0.1) is 0 Å². The summed E-state index contributed by atoms with van der Waals surface area (Å²) in [6.07, 6.45) is 0.496. The average molecular weight is 406 g/mol. The number of amides is 2. The Morgan fingerprint density at radius 3 is 2.48 bits per heavy atom. The Hall–Kier alpha value is -3.03. The van der Waals surface area contributed by atoms with E-state index in [0.29, 0.717) is 5.56 Å². The van der Waals surface area contributed by atoms with E-state index in [4.69, 9.17) is 4.74 Å². The van der Waals surface area contributed by atoms with Crippen molar-refractivity contribution in [3.63, 3.8) is 0 Å². The molecule has 0 aliphatic heterocycles. The number of alkyl carbamates (subject to hydrolysis) is 1. The number of phenols is 1. The van der Waals surface area contributed by atoms with Crippen LogP contribution in [0.2, 0.25) is 0 Å². The lowest BCUT2D eigenvalue weighted by molar-refractivity contribution is -0.140. The minimum absolute atomic E-state index is 0.0851. The summed E-state index contributed by atoms with van der Waals surface area (Å²) < 4.78 is 5.06. The number of nitrogens with zero attached hydrogens (tertiary/aromatic N) is 1. The van der Waals surface area contributed by atoms with Gasteiger partial charge in [-0.2, -0.15) is 0 Å². The monoisotopic (exact) mass is 406 g/mol. The number of aliphatic carboxylic acids is 1. The zero-order valence-corrected chi connectivity index (χ0v) is 17.4. The number of aryl methyl sites for hydroxylation is 1. The first-order valence-electron chi connectivity index (χ1n) is 9.32. The molecule has 3 N–H and O–H groups in total. The van der Waals surface area contributed by atoms with Gasteiger partial charge in [0.15, 0.2) is 0 Å². The Balaban J connectivity index is 2.75. The molecule has 0 saturated carbocycles. The average Bonchev–Trinajstić information content (AvgIpc) is 2.58. The summed E-state index contributed by atoms with van der Waals surface area (Å²) in [5, 5.41) is 21.7. The van der Waals surface area contributed by atoms with Crippen LogP contribution in [-0.4, -0.2) is 51.3 Å². The molecule has 0 heterocycles. The molecule has 1 rings (SSSR count). The highest BCUT2D eigenvalue weighted by atomic mass is 16.6. The number of ether oxygens (including phenoxy) is 1. The van der Waals surface area contributed by atoms with E-state index in [9.17, 15) is 24.6 Å². The number of phenolic OH excluding ortho intramolecular Hbond substituents is 1. The van der Waals surface area contributed by atoms with Gasteiger partial charge in [-0.3, -0.25) is 4.79 Å². The summed E-state index contributed by atoms with van der Waals surface area (Å²) in [6.45, 7) is 10.9. The fourth-order valence-electron chi connectivity index (χ4n) is 2.56. The highest BCUT2D eigenvalue weighted by Gasteiger charge is 2.25. The van der Waals surface area contributed by atoms with Crippen molar-refractivity contribution in [3.8, 4) is 5.75 Å². The van der Waals surface area contributed by atoms with Crippen LogP contribution < -0.4 is 5.32 Å². The molecule has 29 heavy (non-hydrogen) atoms. The van der Waals surface area contributed by atoms with Gasteiger partial charge in [0.2, 0.25) is 5.91 Å². The van der Waals surface area contributed by atoms with Crippen molar-refractivity contribution in [1.82, 2.24) is 10.2 Å².